The van der Waals surface area contributed by atoms with Gasteiger partial charge in [0.05, 0.1) is 17.6 Å². The van der Waals surface area contributed by atoms with E-state index in [-0.39, 0.29) is 11.9 Å². The number of carbonyl (C=O) groups excluding carboxylic acids is 1. The van der Waals surface area contributed by atoms with Gasteiger partial charge in [-0.2, -0.15) is 0 Å². The summed E-state index contributed by atoms with van der Waals surface area (Å²) < 4.78 is 6.09. The van der Waals surface area contributed by atoms with Crippen molar-refractivity contribution in [2.45, 2.75) is 25.8 Å². The van der Waals surface area contributed by atoms with Crippen LogP contribution in [-0.2, 0) is 4.79 Å². The second-order valence-corrected chi connectivity index (χ2v) is 5.83. The Hall–Kier alpha value is -1.07. The molecule has 1 saturated heterocycles. The average Bonchev–Trinajstić information content (AvgIpc) is 2.41. The molecule has 1 aliphatic heterocycles. The molecule has 1 fully saturated rings. The van der Waals surface area contributed by atoms with Crippen LogP contribution in [0.1, 0.15) is 19.8 Å². The third-order valence-electron chi connectivity index (χ3n) is 3.40. The zero-order chi connectivity index (χ0) is 13.8. The van der Waals surface area contributed by atoms with Gasteiger partial charge in [0.2, 0.25) is 5.91 Å². The van der Waals surface area contributed by atoms with Crippen LogP contribution in [0.2, 0.25) is 0 Å². The highest BCUT2D eigenvalue weighted by Gasteiger charge is 2.24. The fourth-order valence-corrected chi connectivity index (χ4v) is 2.68. The summed E-state index contributed by atoms with van der Waals surface area (Å²) in [5, 5.41) is 6.19. The minimum Gasteiger partial charge on any atom is -0.495 e. The van der Waals surface area contributed by atoms with Crippen LogP contribution in [0.25, 0.3) is 0 Å². The minimum absolute atomic E-state index is 0.0240. The van der Waals surface area contributed by atoms with Crippen molar-refractivity contribution in [2.24, 2.45) is 5.92 Å². The van der Waals surface area contributed by atoms with Crippen molar-refractivity contribution >= 4 is 27.5 Å². The first-order valence-corrected chi connectivity index (χ1v) is 7.27. The lowest BCUT2D eigenvalue weighted by molar-refractivity contribution is -0.119. The van der Waals surface area contributed by atoms with Crippen molar-refractivity contribution in [3.05, 3.63) is 22.7 Å². The van der Waals surface area contributed by atoms with E-state index in [0.717, 1.165) is 29.5 Å². The molecule has 1 aromatic rings. The van der Waals surface area contributed by atoms with E-state index in [0.29, 0.717) is 11.7 Å². The Morgan fingerprint density at radius 3 is 3.00 bits per heavy atom. The molecular formula is C14H19BrN2O2. The molecule has 1 aromatic carbocycles. The van der Waals surface area contributed by atoms with Crippen molar-refractivity contribution in [3.63, 3.8) is 0 Å². The molecule has 4 nitrogen and oxygen atoms in total. The van der Waals surface area contributed by atoms with Gasteiger partial charge in [-0.25, -0.2) is 0 Å². The summed E-state index contributed by atoms with van der Waals surface area (Å²) in [5.74, 6) is 1.33. The molecule has 1 amide bonds. The molecule has 2 rings (SSSR count). The fraction of sp³-hybridized carbons (Fsp3) is 0.500. The van der Waals surface area contributed by atoms with E-state index >= 15 is 0 Å². The average molecular weight is 327 g/mol. The first kappa shape index (κ1) is 14.3. The largest absolute Gasteiger partial charge is 0.495 e. The molecule has 0 aromatic heterocycles. The molecule has 0 saturated carbocycles. The number of hydrogen-bond donors (Lipinski definition) is 2. The highest BCUT2D eigenvalue weighted by atomic mass is 79.9. The van der Waals surface area contributed by atoms with E-state index in [4.69, 9.17) is 4.74 Å². The zero-order valence-corrected chi connectivity index (χ0v) is 12.8. The molecule has 5 heteroatoms. The Bertz CT molecular complexity index is 465. The monoisotopic (exact) mass is 326 g/mol. The topological polar surface area (TPSA) is 50.4 Å². The van der Waals surface area contributed by atoms with Crippen molar-refractivity contribution in [1.29, 1.82) is 0 Å². The SMILES string of the molecule is COc1cc(NC(=O)C2CC(C)CCN2)ccc1Br. The molecule has 0 radical (unpaired) electrons. The number of amides is 1. The Morgan fingerprint density at radius 1 is 1.53 bits per heavy atom. The molecule has 2 atom stereocenters. The van der Waals surface area contributed by atoms with Crippen molar-refractivity contribution in [2.75, 3.05) is 19.0 Å². The lowest BCUT2D eigenvalue weighted by Gasteiger charge is -2.27. The van der Waals surface area contributed by atoms with E-state index in [1.165, 1.54) is 0 Å². The van der Waals surface area contributed by atoms with Gasteiger partial charge in [-0.1, -0.05) is 6.92 Å². The van der Waals surface area contributed by atoms with Crippen LogP contribution in [0.4, 0.5) is 5.69 Å². The van der Waals surface area contributed by atoms with Gasteiger partial charge in [0.15, 0.2) is 0 Å². The summed E-state index contributed by atoms with van der Waals surface area (Å²) in [4.78, 5) is 12.2. The van der Waals surface area contributed by atoms with Gasteiger partial charge in [0.1, 0.15) is 5.75 Å². The van der Waals surface area contributed by atoms with E-state index in [2.05, 4.69) is 33.5 Å². The summed E-state index contributed by atoms with van der Waals surface area (Å²) in [6.45, 7) is 3.09. The highest BCUT2D eigenvalue weighted by molar-refractivity contribution is 9.10. The summed E-state index contributed by atoms with van der Waals surface area (Å²) in [6, 6.07) is 5.44. The number of benzene rings is 1. The lowest BCUT2D eigenvalue weighted by Crippen LogP contribution is -2.45. The second kappa shape index (κ2) is 6.39. The number of methoxy groups -OCH3 is 1. The standard InChI is InChI=1S/C14H19BrN2O2/c1-9-5-6-16-12(7-9)14(18)17-10-3-4-11(15)13(8-10)19-2/h3-4,8-9,12,16H,5-7H2,1-2H3,(H,17,18). The van der Waals surface area contributed by atoms with E-state index in [1.807, 2.05) is 18.2 Å². The smallest absolute Gasteiger partial charge is 0.241 e. The number of nitrogens with one attached hydrogen (secondary N) is 2. The molecule has 1 aliphatic rings. The third kappa shape index (κ3) is 3.70. The van der Waals surface area contributed by atoms with Crippen molar-refractivity contribution < 1.29 is 9.53 Å². The summed E-state index contributed by atoms with van der Waals surface area (Å²) in [6.07, 6.45) is 2.02. The maximum atomic E-state index is 12.2. The van der Waals surface area contributed by atoms with Crippen LogP contribution >= 0.6 is 15.9 Å². The summed E-state index contributed by atoms with van der Waals surface area (Å²) in [5.41, 5.74) is 0.755. The maximum absolute atomic E-state index is 12.2. The van der Waals surface area contributed by atoms with Gasteiger partial charge in [0.25, 0.3) is 0 Å². The van der Waals surface area contributed by atoms with Crippen LogP contribution in [0.3, 0.4) is 0 Å². The number of rotatable bonds is 3. The number of piperidine rings is 1. The van der Waals surface area contributed by atoms with Gasteiger partial charge in [-0.05, 0) is 53.4 Å². The molecule has 104 valence electrons. The molecule has 2 unspecified atom stereocenters. The first-order valence-electron chi connectivity index (χ1n) is 6.48. The van der Waals surface area contributed by atoms with Crippen LogP contribution in [-0.4, -0.2) is 25.6 Å². The lowest BCUT2D eigenvalue weighted by atomic mass is 9.94. The Kier molecular flexibility index (Phi) is 4.82. The molecule has 2 N–H and O–H groups in total. The molecule has 0 aliphatic carbocycles. The number of halogens is 1. The predicted octanol–water partition coefficient (Wildman–Crippen LogP) is 2.78. The second-order valence-electron chi connectivity index (χ2n) is 4.97. The Balaban J connectivity index is 2.02. The fourth-order valence-electron chi connectivity index (χ4n) is 2.27. The number of hydrogen-bond acceptors (Lipinski definition) is 3. The third-order valence-corrected chi connectivity index (χ3v) is 4.06. The molecule has 19 heavy (non-hydrogen) atoms. The zero-order valence-electron chi connectivity index (χ0n) is 11.2. The molecular weight excluding hydrogens is 308 g/mol. The van der Waals surface area contributed by atoms with Crippen molar-refractivity contribution in [1.82, 2.24) is 5.32 Å². The van der Waals surface area contributed by atoms with Crippen LogP contribution in [0.5, 0.6) is 5.75 Å². The molecule has 1 heterocycles. The van der Waals surface area contributed by atoms with Gasteiger partial charge in [-0.15, -0.1) is 0 Å². The summed E-state index contributed by atoms with van der Waals surface area (Å²) in [7, 11) is 1.61. The van der Waals surface area contributed by atoms with Gasteiger partial charge in [0, 0.05) is 11.8 Å². The van der Waals surface area contributed by atoms with E-state index in [9.17, 15) is 4.79 Å². The summed E-state index contributed by atoms with van der Waals surface area (Å²) >= 11 is 3.39. The Morgan fingerprint density at radius 2 is 2.32 bits per heavy atom. The minimum atomic E-state index is -0.0987. The molecule has 0 bridgehead atoms. The number of ether oxygens (including phenoxy) is 1. The highest BCUT2D eigenvalue weighted by Crippen LogP contribution is 2.28. The maximum Gasteiger partial charge on any atom is 0.241 e. The van der Waals surface area contributed by atoms with Crippen LogP contribution in [0.15, 0.2) is 22.7 Å². The van der Waals surface area contributed by atoms with E-state index < -0.39 is 0 Å². The van der Waals surface area contributed by atoms with Crippen LogP contribution < -0.4 is 15.4 Å². The predicted molar refractivity (Wildman–Crippen MR) is 79.5 cm³/mol. The van der Waals surface area contributed by atoms with Gasteiger partial charge < -0.3 is 15.4 Å². The van der Waals surface area contributed by atoms with Gasteiger partial charge in [-0.3, -0.25) is 4.79 Å². The number of carbonyl (C=O) groups is 1. The van der Waals surface area contributed by atoms with Gasteiger partial charge >= 0.3 is 0 Å². The number of anilines is 1. The van der Waals surface area contributed by atoms with Crippen molar-refractivity contribution in [3.8, 4) is 5.75 Å². The quantitative estimate of drug-likeness (QED) is 0.898. The van der Waals surface area contributed by atoms with E-state index in [1.54, 1.807) is 7.11 Å². The first-order chi connectivity index (χ1) is 9.10. The Labute approximate surface area is 122 Å². The van der Waals surface area contributed by atoms with Crippen LogP contribution in [0, 0.1) is 5.92 Å². The normalized spacial score (nSPS) is 22.9. The molecule has 0 spiro atoms.